The number of thiophene rings is 1. The minimum atomic E-state index is -0.422. The molecule has 9 heteroatoms. The van der Waals surface area contributed by atoms with Gasteiger partial charge in [-0.3, -0.25) is 14.5 Å². The van der Waals surface area contributed by atoms with Crippen LogP contribution in [0.3, 0.4) is 0 Å². The molecule has 3 rings (SSSR count). The van der Waals surface area contributed by atoms with Gasteiger partial charge in [0.15, 0.2) is 0 Å². The highest BCUT2D eigenvalue weighted by molar-refractivity contribution is 7.20. The normalized spacial score (nSPS) is 14.0. The van der Waals surface area contributed by atoms with Crippen molar-refractivity contribution in [1.29, 1.82) is 0 Å². The van der Waals surface area contributed by atoms with E-state index in [9.17, 15) is 14.4 Å². The van der Waals surface area contributed by atoms with E-state index >= 15 is 0 Å². The third kappa shape index (κ3) is 3.53. The second-order valence-electron chi connectivity index (χ2n) is 5.03. The topological polar surface area (TPSA) is 78.5 Å². The molecule has 4 amide bonds. The molecule has 124 valence electrons. The van der Waals surface area contributed by atoms with Crippen molar-refractivity contribution in [2.24, 2.45) is 0 Å². The summed E-state index contributed by atoms with van der Waals surface area (Å²) in [6.07, 6.45) is 0. The zero-order valence-corrected chi connectivity index (χ0v) is 14.5. The van der Waals surface area contributed by atoms with Crippen LogP contribution in [0.2, 0.25) is 8.67 Å². The van der Waals surface area contributed by atoms with Crippen LogP contribution in [0.5, 0.6) is 0 Å². The maximum Gasteiger partial charge on any atom is 0.324 e. The highest BCUT2D eigenvalue weighted by Gasteiger charge is 2.28. The van der Waals surface area contributed by atoms with Crippen LogP contribution >= 0.6 is 34.5 Å². The second kappa shape index (κ2) is 6.80. The molecule has 0 radical (unpaired) electrons. The highest BCUT2D eigenvalue weighted by Crippen LogP contribution is 2.31. The fraction of sp³-hybridized carbons (Fsp3) is 0.133. The third-order valence-corrected chi connectivity index (χ3v) is 4.85. The first-order valence-electron chi connectivity index (χ1n) is 6.87. The molecule has 1 aromatic carbocycles. The van der Waals surface area contributed by atoms with Crippen molar-refractivity contribution >= 4 is 58.1 Å². The molecule has 2 aromatic rings. The molecule has 6 nitrogen and oxygen atoms in total. The van der Waals surface area contributed by atoms with Gasteiger partial charge in [0.1, 0.15) is 4.34 Å². The van der Waals surface area contributed by atoms with E-state index in [0.717, 1.165) is 16.2 Å². The number of amides is 4. The predicted molar refractivity (Wildman–Crippen MR) is 92.7 cm³/mol. The molecule has 1 aromatic heterocycles. The van der Waals surface area contributed by atoms with Gasteiger partial charge in [-0.25, -0.2) is 4.79 Å². The fourth-order valence-corrected chi connectivity index (χ4v) is 3.70. The molecule has 1 aliphatic heterocycles. The maximum atomic E-state index is 12.2. The van der Waals surface area contributed by atoms with Gasteiger partial charge in [0.2, 0.25) is 5.91 Å². The largest absolute Gasteiger partial charge is 0.329 e. The van der Waals surface area contributed by atoms with E-state index in [-0.39, 0.29) is 24.9 Å². The zero-order valence-electron chi connectivity index (χ0n) is 12.1. The summed E-state index contributed by atoms with van der Waals surface area (Å²) in [6.45, 7) is 0.145. The number of carbonyl (C=O) groups excluding carboxylic acids is 3. The van der Waals surface area contributed by atoms with Gasteiger partial charge in [-0.05, 0) is 23.8 Å². The Balaban J connectivity index is 1.73. The van der Waals surface area contributed by atoms with Gasteiger partial charge in [0.05, 0.1) is 23.0 Å². The van der Waals surface area contributed by atoms with Crippen LogP contribution in [0.15, 0.2) is 30.3 Å². The lowest BCUT2D eigenvalue weighted by molar-refractivity contribution is -0.125. The Morgan fingerprint density at radius 3 is 2.71 bits per heavy atom. The molecule has 1 aliphatic rings. The monoisotopic (exact) mass is 383 g/mol. The summed E-state index contributed by atoms with van der Waals surface area (Å²) in [6, 6.07) is 7.97. The lowest BCUT2D eigenvalue weighted by Gasteiger charge is -2.13. The number of carbonyl (C=O) groups is 3. The lowest BCUT2D eigenvalue weighted by Crippen LogP contribution is -2.30. The molecule has 24 heavy (non-hydrogen) atoms. The van der Waals surface area contributed by atoms with Gasteiger partial charge in [0.25, 0.3) is 5.91 Å². The number of nitrogens with zero attached hydrogens (tertiary/aromatic N) is 1. The quantitative estimate of drug-likeness (QED) is 0.794. The predicted octanol–water partition coefficient (Wildman–Crippen LogP) is 3.36. The summed E-state index contributed by atoms with van der Waals surface area (Å²) in [4.78, 5) is 36.6. The molecule has 2 N–H and O–H groups in total. The first kappa shape index (κ1) is 16.8. The van der Waals surface area contributed by atoms with Crippen LogP contribution in [0, 0.1) is 0 Å². The van der Waals surface area contributed by atoms with Crippen molar-refractivity contribution < 1.29 is 14.4 Å². The van der Waals surface area contributed by atoms with Crippen molar-refractivity contribution in [3.8, 4) is 0 Å². The maximum absolute atomic E-state index is 12.2. The molecule has 0 unspecified atom stereocenters. The number of imide groups is 1. The van der Waals surface area contributed by atoms with Gasteiger partial charge >= 0.3 is 6.03 Å². The Hall–Kier alpha value is -2.09. The molecule has 1 saturated heterocycles. The number of rotatable bonds is 4. The summed E-state index contributed by atoms with van der Waals surface area (Å²) < 4.78 is 0.741. The van der Waals surface area contributed by atoms with Gasteiger partial charge in [-0.1, -0.05) is 35.3 Å². The Morgan fingerprint density at radius 2 is 2.08 bits per heavy atom. The van der Waals surface area contributed by atoms with Crippen molar-refractivity contribution in [3.05, 3.63) is 50.1 Å². The molecule has 0 aliphatic carbocycles. The Labute approximate surface area is 151 Å². The van der Waals surface area contributed by atoms with Crippen molar-refractivity contribution in [3.63, 3.8) is 0 Å². The molecule has 0 atom stereocenters. The van der Waals surface area contributed by atoms with Crippen LogP contribution in [0.25, 0.3) is 0 Å². The zero-order chi connectivity index (χ0) is 17.3. The molecule has 0 bridgehead atoms. The van der Waals surface area contributed by atoms with E-state index in [1.165, 1.54) is 6.07 Å². The standard InChI is InChI=1S/C15H11Cl2N3O3S/c16-11-5-10(13(17)24-11)14(22)19-9-3-1-2-8(4-9)7-20-12(21)6-18-15(20)23/h1-5H,6-7H2,(H,18,23)(H,19,22). The van der Waals surface area contributed by atoms with E-state index in [4.69, 9.17) is 23.2 Å². The number of benzene rings is 1. The minimum absolute atomic E-state index is 0.00662. The van der Waals surface area contributed by atoms with E-state index in [1.54, 1.807) is 24.3 Å². The summed E-state index contributed by atoms with van der Waals surface area (Å²) in [7, 11) is 0. The van der Waals surface area contributed by atoms with Gasteiger partial charge in [0, 0.05) is 5.69 Å². The number of hydrogen-bond acceptors (Lipinski definition) is 4. The third-order valence-electron chi connectivity index (χ3n) is 3.36. The smallest absolute Gasteiger partial charge is 0.324 e. The van der Waals surface area contributed by atoms with E-state index in [2.05, 4.69) is 10.6 Å². The molecule has 0 spiro atoms. The van der Waals surface area contributed by atoms with Crippen molar-refractivity contribution in [2.45, 2.75) is 6.54 Å². The summed E-state index contributed by atoms with van der Waals surface area (Å²) in [5.74, 6) is -0.663. The lowest BCUT2D eigenvalue weighted by atomic mass is 10.2. The Morgan fingerprint density at radius 1 is 1.29 bits per heavy atom. The number of nitrogens with one attached hydrogen (secondary N) is 2. The Bertz CT molecular complexity index is 821. The van der Waals surface area contributed by atoms with Gasteiger partial charge < -0.3 is 10.6 Å². The highest BCUT2D eigenvalue weighted by atomic mass is 35.5. The summed E-state index contributed by atoms with van der Waals surface area (Å²) in [5.41, 5.74) is 1.54. The SMILES string of the molecule is O=C(Nc1cccc(CN2C(=O)CNC2=O)c1)c1cc(Cl)sc1Cl. The average Bonchev–Trinajstić information content (AvgIpc) is 3.03. The molecule has 2 heterocycles. The van der Waals surface area contributed by atoms with Crippen LogP contribution < -0.4 is 10.6 Å². The van der Waals surface area contributed by atoms with Crippen LogP contribution in [-0.2, 0) is 11.3 Å². The molecule has 0 saturated carbocycles. The number of halogens is 2. The molecular formula is C15H11Cl2N3O3S. The van der Waals surface area contributed by atoms with Crippen LogP contribution in [0.4, 0.5) is 10.5 Å². The van der Waals surface area contributed by atoms with Crippen molar-refractivity contribution in [2.75, 3.05) is 11.9 Å². The van der Waals surface area contributed by atoms with E-state index < -0.39 is 6.03 Å². The number of anilines is 1. The van der Waals surface area contributed by atoms with Crippen LogP contribution in [-0.4, -0.2) is 29.3 Å². The summed E-state index contributed by atoms with van der Waals surface area (Å²) >= 11 is 12.9. The number of hydrogen-bond donors (Lipinski definition) is 2. The minimum Gasteiger partial charge on any atom is -0.329 e. The first-order valence-corrected chi connectivity index (χ1v) is 8.44. The van der Waals surface area contributed by atoms with Gasteiger partial charge in [-0.2, -0.15) is 0 Å². The fourth-order valence-electron chi connectivity index (χ4n) is 2.24. The van der Waals surface area contributed by atoms with Crippen LogP contribution in [0.1, 0.15) is 15.9 Å². The van der Waals surface area contributed by atoms with Crippen molar-refractivity contribution in [1.82, 2.24) is 10.2 Å². The van der Waals surface area contributed by atoms with E-state index in [1.807, 2.05) is 0 Å². The second-order valence-corrected chi connectivity index (χ2v) is 7.32. The average molecular weight is 384 g/mol. The van der Waals surface area contributed by atoms with Gasteiger partial charge in [-0.15, -0.1) is 11.3 Å². The van der Waals surface area contributed by atoms with E-state index in [0.29, 0.717) is 25.5 Å². The molecular weight excluding hydrogens is 373 g/mol. The molecule has 1 fully saturated rings. The first-order chi connectivity index (χ1) is 11.4. The Kier molecular flexibility index (Phi) is 4.75. The number of urea groups is 1. The summed E-state index contributed by atoms with van der Waals surface area (Å²) in [5, 5.41) is 5.18.